The zero-order valence-electron chi connectivity index (χ0n) is 16.5. The Kier molecular flexibility index (Phi) is 6.14. The van der Waals surface area contributed by atoms with Crippen LogP contribution in [0.5, 0.6) is 0 Å². The van der Waals surface area contributed by atoms with Crippen LogP contribution >= 0.6 is 0 Å². The van der Waals surface area contributed by atoms with Gasteiger partial charge < -0.3 is 4.52 Å². The lowest BCUT2D eigenvalue weighted by molar-refractivity contribution is 0.102. The Bertz CT molecular complexity index is 1100. The zero-order valence-corrected chi connectivity index (χ0v) is 17.3. The number of aryl methyl sites for hydroxylation is 1. The lowest BCUT2D eigenvalue weighted by atomic mass is 10.1. The van der Waals surface area contributed by atoms with Crippen LogP contribution in [0, 0.1) is 0 Å². The van der Waals surface area contributed by atoms with Crippen molar-refractivity contribution in [1.82, 2.24) is 9.88 Å². The molecule has 0 aliphatic heterocycles. The quantitative estimate of drug-likeness (QED) is 0.613. The molecule has 1 aromatic heterocycles. The molecule has 0 bridgehead atoms. The molecule has 0 atom stereocenters. The molecule has 1 heterocycles. The highest BCUT2D eigenvalue weighted by atomic mass is 32.2. The molecule has 8 heteroatoms. The first-order valence-corrected chi connectivity index (χ1v) is 10.8. The van der Waals surface area contributed by atoms with E-state index in [1.165, 1.54) is 29.8 Å². The monoisotopic (exact) mass is 413 g/mol. The molecule has 0 fully saturated rings. The summed E-state index contributed by atoms with van der Waals surface area (Å²) in [5.74, 6) is -0.311. The summed E-state index contributed by atoms with van der Waals surface area (Å²) in [5, 5.41) is 6.59. The minimum absolute atomic E-state index is 0.0214. The summed E-state index contributed by atoms with van der Waals surface area (Å²) in [6.07, 6.45) is 0.946. The predicted molar refractivity (Wildman–Crippen MR) is 111 cm³/mol. The molecule has 0 aliphatic rings. The highest BCUT2D eigenvalue weighted by Crippen LogP contribution is 2.23. The van der Waals surface area contributed by atoms with Gasteiger partial charge >= 0.3 is 0 Å². The first-order valence-electron chi connectivity index (χ1n) is 9.28. The molecule has 29 heavy (non-hydrogen) atoms. The molecule has 3 rings (SSSR count). The van der Waals surface area contributed by atoms with Gasteiger partial charge in [0.2, 0.25) is 15.9 Å². The largest absolute Gasteiger partial charge is 0.338 e. The predicted octanol–water partition coefficient (Wildman–Crippen LogP) is 3.84. The van der Waals surface area contributed by atoms with Crippen molar-refractivity contribution in [3.8, 4) is 11.3 Å². The minimum atomic E-state index is -3.69. The van der Waals surface area contributed by atoms with Crippen LogP contribution in [-0.4, -0.2) is 25.5 Å². The normalized spacial score (nSPS) is 11.6. The van der Waals surface area contributed by atoms with E-state index in [4.69, 9.17) is 4.52 Å². The fourth-order valence-electron chi connectivity index (χ4n) is 2.75. The van der Waals surface area contributed by atoms with E-state index in [0.29, 0.717) is 5.69 Å². The van der Waals surface area contributed by atoms with Crippen molar-refractivity contribution in [3.05, 3.63) is 65.7 Å². The van der Waals surface area contributed by atoms with Gasteiger partial charge in [0.25, 0.3) is 5.91 Å². The topological polar surface area (TPSA) is 101 Å². The number of hydrogen-bond donors (Lipinski definition) is 2. The molecule has 0 radical (unpaired) electrons. The van der Waals surface area contributed by atoms with Crippen molar-refractivity contribution in [1.29, 1.82) is 0 Å². The van der Waals surface area contributed by atoms with Gasteiger partial charge in [-0.15, -0.1) is 0 Å². The first kappa shape index (κ1) is 20.8. The van der Waals surface area contributed by atoms with Crippen molar-refractivity contribution >= 4 is 21.8 Å². The van der Waals surface area contributed by atoms with Crippen LogP contribution < -0.4 is 10.0 Å². The highest BCUT2D eigenvalue weighted by molar-refractivity contribution is 7.89. The van der Waals surface area contributed by atoms with E-state index in [2.05, 4.69) is 22.1 Å². The van der Waals surface area contributed by atoms with E-state index in [1.807, 2.05) is 24.3 Å². The average Bonchev–Trinajstić information content (AvgIpc) is 3.15. The van der Waals surface area contributed by atoms with Crippen molar-refractivity contribution < 1.29 is 17.7 Å². The summed E-state index contributed by atoms with van der Waals surface area (Å²) in [7, 11) is -3.69. The molecule has 152 valence electrons. The molecular formula is C21H23N3O4S. The number of amides is 1. The second kappa shape index (κ2) is 8.59. The number of hydrogen-bond acceptors (Lipinski definition) is 5. The van der Waals surface area contributed by atoms with Crippen molar-refractivity contribution in [2.24, 2.45) is 0 Å². The second-order valence-corrected chi connectivity index (χ2v) is 8.60. The number of nitrogens with zero attached hydrogens (tertiary/aromatic N) is 1. The third-order valence-corrected chi connectivity index (χ3v) is 5.86. The summed E-state index contributed by atoms with van der Waals surface area (Å²) in [4.78, 5) is 12.6. The lowest BCUT2D eigenvalue weighted by Gasteiger charge is -2.10. The molecule has 0 saturated heterocycles. The second-order valence-electron chi connectivity index (χ2n) is 6.88. The molecule has 3 aromatic rings. The van der Waals surface area contributed by atoms with Crippen LogP contribution in [0.2, 0.25) is 0 Å². The highest BCUT2D eigenvalue weighted by Gasteiger charge is 2.18. The standard InChI is InChI=1S/C21H23N3O4S/c1-4-15-8-10-16(11-9-15)19-13-20(28-23-19)22-21(25)17-6-5-7-18(12-17)29(26,27)24-14(2)3/h5-14,24H,4H2,1-3H3,(H,22,25). The van der Waals surface area contributed by atoms with Crippen molar-refractivity contribution in [2.75, 3.05) is 5.32 Å². The summed E-state index contributed by atoms with van der Waals surface area (Å²) >= 11 is 0. The van der Waals surface area contributed by atoms with Crippen molar-refractivity contribution in [3.63, 3.8) is 0 Å². The van der Waals surface area contributed by atoms with Crippen LogP contribution in [0.25, 0.3) is 11.3 Å². The summed E-state index contributed by atoms with van der Waals surface area (Å²) < 4.78 is 32.3. The zero-order chi connectivity index (χ0) is 21.0. The molecule has 2 N–H and O–H groups in total. The Morgan fingerprint density at radius 3 is 2.48 bits per heavy atom. The van der Waals surface area contributed by atoms with E-state index in [0.717, 1.165) is 12.0 Å². The minimum Gasteiger partial charge on any atom is -0.338 e. The van der Waals surface area contributed by atoms with Gasteiger partial charge in [0, 0.05) is 23.2 Å². The first-order chi connectivity index (χ1) is 13.8. The van der Waals surface area contributed by atoms with Crippen LogP contribution in [0.1, 0.15) is 36.7 Å². The number of anilines is 1. The smallest absolute Gasteiger partial charge is 0.258 e. The third-order valence-electron chi connectivity index (χ3n) is 4.20. The molecule has 7 nitrogen and oxygen atoms in total. The van der Waals surface area contributed by atoms with Gasteiger partial charge in [0.05, 0.1) is 4.90 Å². The SMILES string of the molecule is CCc1ccc(-c2cc(NC(=O)c3cccc(S(=O)(=O)NC(C)C)c3)on2)cc1. The number of aromatic nitrogens is 1. The van der Waals surface area contributed by atoms with E-state index >= 15 is 0 Å². The molecule has 1 amide bonds. The van der Waals surface area contributed by atoms with Crippen molar-refractivity contribution in [2.45, 2.75) is 38.1 Å². The molecule has 0 saturated carbocycles. The number of carbonyl (C=O) groups excluding carboxylic acids is 1. The van der Waals surface area contributed by atoms with Crippen LogP contribution in [0.4, 0.5) is 5.88 Å². The molecule has 0 unspecified atom stereocenters. The average molecular weight is 413 g/mol. The van der Waals surface area contributed by atoms with Crippen LogP contribution in [-0.2, 0) is 16.4 Å². The van der Waals surface area contributed by atoms with E-state index in [1.54, 1.807) is 19.9 Å². The number of carbonyl (C=O) groups is 1. The van der Waals surface area contributed by atoms with Gasteiger partial charge in [-0.1, -0.05) is 42.4 Å². The Morgan fingerprint density at radius 2 is 1.83 bits per heavy atom. The third kappa shape index (κ3) is 5.10. The van der Waals surface area contributed by atoms with Gasteiger partial charge in [0.15, 0.2) is 0 Å². The van der Waals surface area contributed by atoms with E-state index in [-0.39, 0.29) is 22.4 Å². The maximum Gasteiger partial charge on any atom is 0.258 e. The van der Waals surface area contributed by atoms with Gasteiger partial charge in [-0.2, -0.15) is 0 Å². The number of benzene rings is 2. The molecule has 2 aromatic carbocycles. The Morgan fingerprint density at radius 1 is 1.10 bits per heavy atom. The lowest BCUT2D eigenvalue weighted by Crippen LogP contribution is -2.30. The summed E-state index contributed by atoms with van der Waals surface area (Å²) in [6.45, 7) is 5.54. The summed E-state index contributed by atoms with van der Waals surface area (Å²) in [6, 6.07) is 15.1. The maximum atomic E-state index is 12.5. The van der Waals surface area contributed by atoms with Gasteiger partial charge in [-0.05, 0) is 44.0 Å². The maximum absolute atomic E-state index is 12.5. The van der Waals surface area contributed by atoms with Gasteiger partial charge in [-0.25, -0.2) is 13.1 Å². The molecule has 0 aliphatic carbocycles. The molecular weight excluding hydrogens is 390 g/mol. The Labute approximate surface area is 170 Å². The summed E-state index contributed by atoms with van der Waals surface area (Å²) in [5.41, 5.74) is 2.88. The van der Waals surface area contributed by atoms with Crippen LogP contribution in [0.3, 0.4) is 0 Å². The Hall–Kier alpha value is -2.97. The molecule has 0 spiro atoms. The fourth-order valence-corrected chi connectivity index (χ4v) is 4.04. The van der Waals surface area contributed by atoms with E-state index in [9.17, 15) is 13.2 Å². The Balaban J connectivity index is 1.75. The number of sulfonamides is 1. The van der Waals surface area contributed by atoms with Crippen LogP contribution in [0.15, 0.2) is 64.0 Å². The number of rotatable bonds is 7. The van der Waals surface area contributed by atoms with Gasteiger partial charge in [-0.3, -0.25) is 10.1 Å². The van der Waals surface area contributed by atoms with E-state index < -0.39 is 15.9 Å². The van der Waals surface area contributed by atoms with Gasteiger partial charge in [0.1, 0.15) is 5.69 Å². The fraction of sp³-hybridized carbons (Fsp3) is 0.238. The number of nitrogens with one attached hydrogen (secondary N) is 2.